The molecule has 5 nitrogen and oxygen atoms in total. The maximum absolute atomic E-state index is 11.1. The van der Waals surface area contributed by atoms with Gasteiger partial charge >= 0.3 is 0 Å². The van der Waals surface area contributed by atoms with Gasteiger partial charge in [0.1, 0.15) is 0 Å². The van der Waals surface area contributed by atoms with E-state index >= 15 is 0 Å². The van der Waals surface area contributed by atoms with Gasteiger partial charge in [0.2, 0.25) is 11.9 Å². The van der Waals surface area contributed by atoms with Gasteiger partial charge < -0.3 is 11.1 Å². The van der Waals surface area contributed by atoms with Crippen molar-refractivity contribution in [2.24, 2.45) is 5.73 Å². The molecule has 0 saturated carbocycles. The zero-order valence-electron chi connectivity index (χ0n) is 13.1. The molecular weight excluding hydrogens is 300 g/mol. The Morgan fingerprint density at radius 2 is 1.88 bits per heavy atom. The van der Waals surface area contributed by atoms with Gasteiger partial charge in [-0.15, -0.1) is 0 Å². The summed E-state index contributed by atoms with van der Waals surface area (Å²) in [5, 5.41) is 3.09. The quantitative estimate of drug-likeness (QED) is 0.764. The smallest absolute Gasteiger partial charge is 0.248 e. The minimum Gasteiger partial charge on any atom is -0.366 e. The molecule has 0 bridgehead atoms. The highest BCUT2D eigenvalue weighted by molar-refractivity contribution is 5.93. The lowest BCUT2D eigenvalue weighted by molar-refractivity contribution is 0.100. The van der Waals surface area contributed by atoms with E-state index < -0.39 is 5.91 Å². The lowest BCUT2D eigenvalue weighted by atomic mass is 10.1. The molecule has 0 aliphatic rings. The molecule has 1 aromatic heterocycles. The minimum absolute atomic E-state index is 0.445. The highest BCUT2D eigenvalue weighted by Gasteiger charge is 2.04. The standard InChI is InChI=1S/C19H18N4O/c1-3-5-7-14(6-4-2)17-12-13-21-19(23-17)22-16-10-8-15(9-11-16)18(20)24/h3-13H,1-2H2,(H2,20,24)(H,21,22,23)/b7-5-,14-6+. The van der Waals surface area contributed by atoms with E-state index in [9.17, 15) is 4.79 Å². The molecule has 120 valence electrons. The molecule has 5 heteroatoms. The van der Waals surface area contributed by atoms with Crippen molar-refractivity contribution in [1.82, 2.24) is 9.97 Å². The highest BCUT2D eigenvalue weighted by Crippen LogP contribution is 2.18. The fraction of sp³-hybridized carbons (Fsp3) is 0. The Balaban J connectivity index is 2.24. The van der Waals surface area contributed by atoms with Crippen LogP contribution in [0.4, 0.5) is 11.6 Å². The summed E-state index contributed by atoms with van der Waals surface area (Å²) < 4.78 is 0. The molecule has 1 amide bonds. The molecule has 0 unspecified atom stereocenters. The van der Waals surface area contributed by atoms with Gasteiger partial charge in [0, 0.05) is 23.0 Å². The molecule has 0 spiro atoms. The highest BCUT2D eigenvalue weighted by atomic mass is 16.1. The van der Waals surface area contributed by atoms with Crippen molar-refractivity contribution < 1.29 is 4.79 Å². The SMILES string of the molecule is C=C/C=C\C(=C/C=C)c1ccnc(Nc2ccc(C(N)=O)cc2)n1. The van der Waals surface area contributed by atoms with Crippen LogP contribution in [0.15, 0.2) is 80.1 Å². The summed E-state index contributed by atoms with van der Waals surface area (Å²) in [4.78, 5) is 19.8. The van der Waals surface area contributed by atoms with Crippen LogP contribution in [0.25, 0.3) is 5.57 Å². The summed E-state index contributed by atoms with van der Waals surface area (Å²) in [6.45, 7) is 7.38. The second-order valence-corrected chi connectivity index (χ2v) is 4.78. The monoisotopic (exact) mass is 318 g/mol. The second-order valence-electron chi connectivity index (χ2n) is 4.78. The Labute approximate surface area is 141 Å². The molecule has 2 rings (SSSR count). The number of nitrogens with zero attached hydrogens (tertiary/aromatic N) is 2. The van der Waals surface area contributed by atoms with Gasteiger partial charge in [-0.3, -0.25) is 4.79 Å². The molecule has 0 fully saturated rings. The van der Waals surface area contributed by atoms with Crippen LogP contribution in [-0.4, -0.2) is 15.9 Å². The third-order valence-corrected chi connectivity index (χ3v) is 3.09. The molecule has 0 atom stereocenters. The van der Waals surface area contributed by atoms with E-state index in [2.05, 4.69) is 28.4 Å². The number of anilines is 2. The number of allylic oxidation sites excluding steroid dienone is 6. The Morgan fingerprint density at radius 1 is 1.12 bits per heavy atom. The van der Waals surface area contributed by atoms with E-state index in [4.69, 9.17) is 5.73 Å². The van der Waals surface area contributed by atoms with Gasteiger partial charge in [0.05, 0.1) is 5.69 Å². The van der Waals surface area contributed by atoms with E-state index in [1.165, 1.54) is 0 Å². The molecule has 24 heavy (non-hydrogen) atoms. The maximum atomic E-state index is 11.1. The zero-order valence-corrected chi connectivity index (χ0v) is 13.1. The minimum atomic E-state index is -0.465. The van der Waals surface area contributed by atoms with Crippen LogP contribution in [0.1, 0.15) is 16.1 Å². The first-order chi connectivity index (χ1) is 11.6. The van der Waals surface area contributed by atoms with Crippen LogP contribution in [0.2, 0.25) is 0 Å². The maximum Gasteiger partial charge on any atom is 0.248 e. The van der Waals surface area contributed by atoms with E-state index in [1.54, 1.807) is 42.6 Å². The van der Waals surface area contributed by atoms with Crippen molar-refractivity contribution in [3.05, 3.63) is 91.3 Å². The van der Waals surface area contributed by atoms with Crippen LogP contribution in [0.5, 0.6) is 0 Å². The summed E-state index contributed by atoms with van der Waals surface area (Å²) in [5.74, 6) is -0.0192. The third-order valence-electron chi connectivity index (χ3n) is 3.09. The first-order valence-electron chi connectivity index (χ1n) is 7.26. The third kappa shape index (κ3) is 4.51. The summed E-state index contributed by atoms with van der Waals surface area (Å²) >= 11 is 0. The summed E-state index contributed by atoms with van der Waals surface area (Å²) in [5.41, 5.74) is 8.07. The number of aromatic nitrogens is 2. The van der Waals surface area contributed by atoms with Gasteiger partial charge in [-0.1, -0.05) is 43.5 Å². The fourth-order valence-corrected chi connectivity index (χ4v) is 1.95. The van der Waals surface area contributed by atoms with Crippen molar-refractivity contribution >= 4 is 23.1 Å². The van der Waals surface area contributed by atoms with Crippen molar-refractivity contribution in [3.63, 3.8) is 0 Å². The lowest BCUT2D eigenvalue weighted by Gasteiger charge is -2.07. The van der Waals surface area contributed by atoms with Crippen LogP contribution < -0.4 is 11.1 Å². The molecule has 0 aliphatic carbocycles. The molecule has 2 aromatic rings. The van der Waals surface area contributed by atoms with Crippen LogP contribution in [0, 0.1) is 0 Å². The molecule has 0 radical (unpaired) electrons. The average molecular weight is 318 g/mol. The van der Waals surface area contributed by atoms with Crippen LogP contribution in [-0.2, 0) is 0 Å². The number of primary amides is 1. The molecular formula is C19H18N4O. The summed E-state index contributed by atoms with van der Waals surface area (Å²) in [6.07, 6.45) is 10.6. The summed E-state index contributed by atoms with van der Waals surface area (Å²) in [7, 11) is 0. The van der Waals surface area contributed by atoms with Gasteiger partial charge in [0.15, 0.2) is 0 Å². The number of carbonyl (C=O) groups excluding carboxylic acids is 1. The van der Waals surface area contributed by atoms with Gasteiger partial charge in [-0.25, -0.2) is 9.97 Å². The number of carbonyl (C=O) groups is 1. The Hall–Kier alpha value is -3.47. The summed E-state index contributed by atoms with van der Waals surface area (Å²) in [6, 6.07) is 8.58. The van der Waals surface area contributed by atoms with Crippen molar-refractivity contribution in [1.29, 1.82) is 0 Å². The number of hydrogen-bond donors (Lipinski definition) is 2. The average Bonchev–Trinajstić information content (AvgIpc) is 2.59. The van der Waals surface area contributed by atoms with E-state index in [0.29, 0.717) is 11.5 Å². The van der Waals surface area contributed by atoms with Gasteiger partial charge in [-0.05, 0) is 30.3 Å². The van der Waals surface area contributed by atoms with Crippen molar-refractivity contribution in [2.45, 2.75) is 0 Å². The Bertz CT molecular complexity index is 804. The molecule has 1 aromatic carbocycles. The number of nitrogens with two attached hydrogens (primary N) is 1. The lowest BCUT2D eigenvalue weighted by Crippen LogP contribution is -2.10. The van der Waals surface area contributed by atoms with E-state index in [0.717, 1.165) is 17.0 Å². The fourth-order valence-electron chi connectivity index (χ4n) is 1.95. The number of benzene rings is 1. The zero-order chi connectivity index (χ0) is 17.4. The van der Waals surface area contributed by atoms with Crippen molar-refractivity contribution in [2.75, 3.05) is 5.32 Å². The van der Waals surface area contributed by atoms with Gasteiger partial charge in [0.25, 0.3) is 0 Å². The predicted octanol–water partition coefficient (Wildman–Crippen LogP) is 3.63. The van der Waals surface area contributed by atoms with E-state index in [-0.39, 0.29) is 0 Å². The molecule has 0 aliphatic heterocycles. The van der Waals surface area contributed by atoms with Crippen LogP contribution in [0.3, 0.4) is 0 Å². The number of rotatable bonds is 7. The normalized spacial score (nSPS) is 11.2. The first-order valence-corrected chi connectivity index (χ1v) is 7.26. The predicted molar refractivity (Wildman–Crippen MR) is 97.8 cm³/mol. The largest absolute Gasteiger partial charge is 0.366 e. The number of nitrogens with one attached hydrogen (secondary N) is 1. The molecule has 0 saturated heterocycles. The van der Waals surface area contributed by atoms with E-state index in [1.807, 2.05) is 24.3 Å². The van der Waals surface area contributed by atoms with Crippen LogP contribution >= 0.6 is 0 Å². The van der Waals surface area contributed by atoms with Gasteiger partial charge in [-0.2, -0.15) is 0 Å². The van der Waals surface area contributed by atoms with Crippen molar-refractivity contribution in [3.8, 4) is 0 Å². The topological polar surface area (TPSA) is 80.9 Å². The molecule has 3 N–H and O–H groups in total. The number of amides is 1. The first kappa shape index (κ1) is 16.9. The Kier molecular flexibility index (Phi) is 5.80. The molecule has 1 heterocycles. The second kappa shape index (κ2) is 8.24. The number of hydrogen-bond acceptors (Lipinski definition) is 4. The Morgan fingerprint density at radius 3 is 2.50 bits per heavy atom.